The molecule has 10 heteroatoms. The number of benzene rings is 1. The molecule has 0 saturated heterocycles. The van der Waals surface area contributed by atoms with Gasteiger partial charge in [-0.3, -0.25) is 4.79 Å². The molecule has 0 bridgehead atoms. The van der Waals surface area contributed by atoms with Gasteiger partial charge in [0.05, 0.1) is 0 Å². The van der Waals surface area contributed by atoms with E-state index in [2.05, 4.69) is 31.0 Å². The Hall–Kier alpha value is -1.78. The summed E-state index contributed by atoms with van der Waals surface area (Å²) in [5.41, 5.74) is 0.319. The molecule has 0 spiro atoms. The van der Waals surface area contributed by atoms with Gasteiger partial charge in [0.1, 0.15) is 6.04 Å². The van der Waals surface area contributed by atoms with Crippen LogP contribution in [0.3, 0.4) is 0 Å². The molecule has 2 N–H and O–H groups in total. The number of carboxylic acids is 1. The molecule has 8 nitrogen and oxygen atoms in total. The average molecular weight is 375 g/mol. The molecule has 1 aromatic heterocycles. The van der Waals surface area contributed by atoms with Crippen molar-refractivity contribution < 1.29 is 18.3 Å². The van der Waals surface area contributed by atoms with Crippen LogP contribution in [0.4, 0.5) is 0 Å². The maximum Gasteiger partial charge on any atom is 0.326 e. The van der Waals surface area contributed by atoms with Gasteiger partial charge in [-0.15, -0.1) is 5.10 Å². The van der Waals surface area contributed by atoms with Crippen LogP contribution < -0.4 is 4.72 Å². The van der Waals surface area contributed by atoms with Crippen LogP contribution in [0.5, 0.6) is 0 Å². The third-order valence-electron chi connectivity index (χ3n) is 2.64. The molecule has 0 fully saturated rings. The number of aryl methyl sites for hydroxylation is 1. The second-order valence-electron chi connectivity index (χ2n) is 4.11. The van der Waals surface area contributed by atoms with Gasteiger partial charge in [0.15, 0.2) is 4.60 Å². The zero-order chi connectivity index (χ0) is 15.6. The first kappa shape index (κ1) is 15.6. The van der Waals surface area contributed by atoms with Gasteiger partial charge in [0.2, 0.25) is 5.03 Å². The summed E-state index contributed by atoms with van der Waals surface area (Å²) < 4.78 is 27.8. The first-order chi connectivity index (χ1) is 9.83. The molecule has 1 heterocycles. The Labute approximate surface area is 129 Å². The van der Waals surface area contributed by atoms with Crippen molar-refractivity contribution in [3.8, 4) is 0 Å². The molecule has 0 aliphatic carbocycles. The predicted molar refractivity (Wildman–Crippen MR) is 75.8 cm³/mol. The third kappa shape index (κ3) is 3.28. The van der Waals surface area contributed by atoms with E-state index in [4.69, 9.17) is 0 Å². The van der Waals surface area contributed by atoms with Crippen molar-refractivity contribution in [2.75, 3.05) is 0 Å². The fourth-order valence-electron chi connectivity index (χ4n) is 1.73. The highest BCUT2D eigenvalue weighted by Gasteiger charge is 2.31. The Bertz CT molecular complexity index is 740. The SMILES string of the molecule is Cn1nnc(Br)c1S(=O)(=O)NC(C(=O)O)c1ccccc1. The van der Waals surface area contributed by atoms with E-state index < -0.39 is 22.0 Å². The molecule has 1 atom stereocenters. The molecular formula is C11H11BrN4O4S. The molecule has 0 aliphatic rings. The fourth-order valence-corrected chi connectivity index (χ4v) is 4.00. The van der Waals surface area contributed by atoms with Gasteiger partial charge in [-0.05, 0) is 21.5 Å². The smallest absolute Gasteiger partial charge is 0.326 e. The standard InChI is InChI=1S/C11H11BrN4O4S/c1-16-10(9(12)13-15-16)21(19,20)14-8(11(17)18)7-5-3-2-4-6-7/h2-6,8,14H,1H3,(H,17,18). The van der Waals surface area contributed by atoms with Gasteiger partial charge < -0.3 is 5.11 Å². The van der Waals surface area contributed by atoms with Gasteiger partial charge >= 0.3 is 5.97 Å². The molecule has 0 radical (unpaired) electrons. The van der Waals surface area contributed by atoms with Crippen molar-refractivity contribution in [3.05, 3.63) is 40.5 Å². The monoisotopic (exact) mass is 374 g/mol. The molecule has 1 aromatic carbocycles. The lowest BCUT2D eigenvalue weighted by atomic mass is 10.1. The minimum absolute atomic E-state index is 0.00898. The molecule has 0 amide bonds. The molecular weight excluding hydrogens is 364 g/mol. The Kier molecular flexibility index (Phi) is 4.40. The lowest BCUT2D eigenvalue weighted by Gasteiger charge is -2.15. The number of carbonyl (C=O) groups is 1. The molecule has 0 aliphatic heterocycles. The van der Waals surface area contributed by atoms with Crippen LogP contribution in [0.25, 0.3) is 0 Å². The highest BCUT2D eigenvalue weighted by atomic mass is 79.9. The van der Waals surface area contributed by atoms with Crippen LogP contribution in [0.2, 0.25) is 0 Å². The molecule has 112 valence electrons. The normalized spacial score (nSPS) is 13.0. The molecule has 2 rings (SSSR count). The number of rotatable bonds is 5. The highest BCUT2D eigenvalue weighted by molar-refractivity contribution is 9.10. The molecule has 21 heavy (non-hydrogen) atoms. The van der Waals surface area contributed by atoms with E-state index >= 15 is 0 Å². The van der Waals surface area contributed by atoms with Gasteiger partial charge in [-0.2, -0.15) is 4.72 Å². The van der Waals surface area contributed by atoms with Crippen LogP contribution in [0.1, 0.15) is 11.6 Å². The van der Waals surface area contributed by atoms with Crippen LogP contribution in [-0.2, 0) is 21.9 Å². The van der Waals surface area contributed by atoms with E-state index in [1.54, 1.807) is 18.2 Å². The Morgan fingerprint density at radius 2 is 2.00 bits per heavy atom. The Morgan fingerprint density at radius 1 is 1.38 bits per heavy atom. The fraction of sp³-hybridized carbons (Fsp3) is 0.182. The number of nitrogens with zero attached hydrogens (tertiary/aromatic N) is 3. The number of sulfonamides is 1. The van der Waals surface area contributed by atoms with Crippen molar-refractivity contribution >= 4 is 31.9 Å². The molecule has 2 aromatic rings. The summed E-state index contributed by atoms with van der Waals surface area (Å²) in [4.78, 5) is 11.3. The Balaban J connectivity index is 2.40. The maximum absolute atomic E-state index is 12.3. The van der Waals surface area contributed by atoms with Gasteiger partial charge in [-0.25, -0.2) is 13.1 Å². The van der Waals surface area contributed by atoms with E-state index in [1.165, 1.54) is 19.2 Å². The van der Waals surface area contributed by atoms with Crippen LogP contribution in [0.15, 0.2) is 40.0 Å². The number of aromatic nitrogens is 3. The van der Waals surface area contributed by atoms with E-state index in [-0.39, 0.29) is 9.63 Å². The summed E-state index contributed by atoms with van der Waals surface area (Å²) >= 11 is 2.98. The quantitative estimate of drug-likeness (QED) is 0.795. The molecule has 0 saturated carbocycles. The van der Waals surface area contributed by atoms with Crippen molar-refractivity contribution in [3.63, 3.8) is 0 Å². The van der Waals surface area contributed by atoms with Crippen molar-refractivity contribution in [1.29, 1.82) is 0 Å². The van der Waals surface area contributed by atoms with E-state index in [1.807, 2.05) is 0 Å². The summed E-state index contributed by atoms with van der Waals surface area (Å²) in [6, 6.07) is 6.61. The summed E-state index contributed by atoms with van der Waals surface area (Å²) in [6.45, 7) is 0. The number of hydrogen-bond donors (Lipinski definition) is 2. The zero-order valence-electron chi connectivity index (χ0n) is 10.8. The summed E-state index contributed by atoms with van der Waals surface area (Å²) in [5, 5.41) is 16.1. The molecule has 1 unspecified atom stereocenters. The number of carboxylic acid groups (broad SMARTS) is 1. The number of hydrogen-bond acceptors (Lipinski definition) is 5. The van der Waals surface area contributed by atoms with Gasteiger partial charge in [-0.1, -0.05) is 35.5 Å². The van der Waals surface area contributed by atoms with Crippen molar-refractivity contribution in [2.45, 2.75) is 11.1 Å². The minimum Gasteiger partial charge on any atom is -0.480 e. The topological polar surface area (TPSA) is 114 Å². The lowest BCUT2D eigenvalue weighted by molar-refractivity contribution is -0.139. The maximum atomic E-state index is 12.3. The van der Waals surface area contributed by atoms with Gasteiger partial charge in [0.25, 0.3) is 10.0 Å². The second kappa shape index (κ2) is 5.92. The predicted octanol–water partition coefficient (Wildman–Crippen LogP) is 0.682. The Morgan fingerprint density at radius 3 is 2.48 bits per heavy atom. The van der Waals surface area contributed by atoms with E-state index in [0.717, 1.165) is 4.68 Å². The van der Waals surface area contributed by atoms with E-state index in [9.17, 15) is 18.3 Å². The first-order valence-corrected chi connectivity index (χ1v) is 7.96. The van der Waals surface area contributed by atoms with Crippen molar-refractivity contribution in [1.82, 2.24) is 19.7 Å². The van der Waals surface area contributed by atoms with Crippen molar-refractivity contribution in [2.24, 2.45) is 7.05 Å². The van der Waals surface area contributed by atoms with Crippen LogP contribution in [0, 0.1) is 0 Å². The van der Waals surface area contributed by atoms with E-state index in [0.29, 0.717) is 5.56 Å². The number of halogens is 1. The average Bonchev–Trinajstić information content (AvgIpc) is 2.77. The minimum atomic E-state index is -4.11. The van der Waals surface area contributed by atoms with Crippen LogP contribution >= 0.6 is 15.9 Å². The number of nitrogens with one attached hydrogen (secondary N) is 1. The highest BCUT2D eigenvalue weighted by Crippen LogP contribution is 2.21. The second-order valence-corrected chi connectivity index (χ2v) is 6.49. The van der Waals surface area contributed by atoms with Gasteiger partial charge in [0, 0.05) is 7.05 Å². The van der Waals surface area contributed by atoms with Crippen LogP contribution in [-0.4, -0.2) is 34.5 Å². The first-order valence-electron chi connectivity index (χ1n) is 5.68. The lowest BCUT2D eigenvalue weighted by Crippen LogP contribution is -2.34. The largest absolute Gasteiger partial charge is 0.480 e. The summed E-state index contributed by atoms with van der Waals surface area (Å²) in [5.74, 6) is -1.31. The number of aliphatic carboxylic acids is 1. The third-order valence-corrected chi connectivity index (χ3v) is 4.95. The zero-order valence-corrected chi connectivity index (χ0v) is 13.2. The summed E-state index contributed by atoms with van der Waals surface area (Å²) in [7, 11) is -2.72. The summed E-state index contributed by atoms with van der Waals surface area (Å²) in [6.07, 6.45) is 0.